The summed E-state index contributed by atoms with van der Waals surface area (Å²) in [6.45, 7) is 6.67. The average molecular weight is 284 g/mol. The van der Waals surface area contributed by atoms with E-state index in [1.54, 1.807) is 12.1 Å². The van der Waals surface area contributed by atoms with Crippen molar-refractivity contribution in [1.29, 1.82) is 0 Å². The standard InChI is InChI=1S/C14H24N2O2S/c1-4-11-15-19(17,18)14-9-7-13(8-10-14)16-12(5-2)6-3/h7-10,12,15-16H,4-6,11H2,1-3H3. The Morgan fingerprint density at radius 1 is 1.05 bits per heavy atom. The first kappa shape index (κ1) is 16.0. The van der Waals surface area contributed by atoms with Gasteiger partial charge in [-0.3, -0.25) is 0 Å². The molecule has 0 saturated heterocycles. The van der Waals surface area contributed by atoms with Gasteiger partial charge in [0.1, 0.15) is 0 Å². The van der Waals surface area contributed by atoms with Gasteiger partial charge in [0.05, 0.1) is 4.90 Å². The van der Waals surface area contributed by atoms with Crippen LogP contribution in [0.3, 0.4) is 0 Å². The molecule has 2 N–H and O–H groups in total. The van der Waals surface area contributed by atoms with Gasteiger partial charge in [0.25, 0.3) is 0 Å². The highest BCUT2D eigenvalue weighted by molar-refractivity contribution is 7.89. The van der Waals surface area contributed by atoms with Crippen molar-refractivity contribution in [1.82, 2.24) is 4.72 Å². The summed E-state index contributed by atoms with van der Waals surface area (Å²) in [5.74, 6) is 0. The molecule has 1 rings (SSSR count). The van der Waals surface area contributed by atoms with Crippen molar-refractivity contribution in [3.8, 4) is 0 Å². The van der Waals surface area contributed by atoms with Crippen LogP contribution in [0.15, 0.2) is 29.2 Å². The van der Waals surface area contributed by atoms with Gasteiger partial charge in [0.15, 0.2) is 0 Å². The molecular weight excluding hydrogens is 260 g/mol. The van der Waals surface area contributed by atoms with Crippen LogP contribution in [0.5, 0.6) is 0 Å². The summed E-state index contributed by atoms with van der Waals surface area (Å²) in [7, 11) is -3.36. The van der Waals surface area contributed by atoms with Gasteiger partial charge in [-0.05, 0) is 43.5 Å². The van der Waals surface area contributed by atoms with Crippen molar-refractivity contribution in [2.45, 2.75) is 51.0 Å². The third kappa shape index (κ3) is 4.84. The number of benzene rings is 1. The maximum atomic E-state index is 11.9. The summed E-state index contributed by atoms with van der Waals surface area (Å²) >= 11 is 0. The molecule has 0 amide bonds. The largest absolute Gasteiger partial charge is 0.382 e. The molecule has 4 nitrogen and oxygen atoms in total. The van der Waals surface area contributed by atoms with Crippen molar-refractivity contribution in [3.63, 3.8) is 0 Å². The van der Waals surface area contributed by atoms with Gasteiger partial charge >= 0.3 is 0 Å². The first-order valence-corrected chi connectivity index (χ1v) is 8.38. The minimum absolute atomic E-state index is 0.316. The molecule has 0 aliphatic carbocycles. The fourth-order valence-electron chi connectivity index (χ4n) is 1.78. The van der Waals surface area contributed by atoms with Gasteiger partial charge in [0.2, 0.25) is 10.0 Å². The lowest BCUT2D eigenvalue weighted by molar-refractivity contribution is 0.581. The molecular formula is C14H24N2O2S. The highest BCUT2D eigenvalue weighted by Crippen LogP contribution is 2.16. The molecule has 108 valence electrons. The minimum atomic E-state index is -3.36. The summed E-state index contributed by atoms with van der Waals surface area (Å²) in [6, 6.07) is 7.35. The molecule has 0 aliphatic rings. The highest BCUT2D eigenvalue weighted by Gasteiger charge is 2.12. The van der Waals surface area contributed by atoms with Crippen molar-refractivity contribution in [3.05, 3.63) is 24.3 Å². The van der Waals surface area contributed by atoms with Gasteiger partial charge in [0, 0.05) is 18.3 Å². The maximum absolute atomic E-state index is 11.9. The first-order chi connectivity index (χ1) is 9.03. The normalized spacial score (nSPS) is 11.8. The predicted molar refractivity (Wildman–Crippen MR) is 79.9 cm³/mol. The quantitative estimate of drug-likeness (QED) is 0.771. The Labute approximate surface area is 116 Å². The van der Waals surface area contributed by atoms with Crippen LogP contribution in [0.1, 0.15) is 40.0 Å². The molecule has 0 spiro atoms. The summed E-state index contributed by atoms with van der Waals surface area (Å²) < 4.78 is 26.4. The molecule has 0 atom stereocenters. The third-order valence-corrected chi connectivity index (χ3v) is 4.54. The minimum Gasteiger partial charge on any atom is -0.382 e. The number of sulfonamides is 1. The molecule has 1 aromatic rings. The highest BCUT2D eigenvalue weighted by atomic mass is 32.2. The molecule has 0 heterocycles. The summed E-state index contributed by atoms with van der Waals surface area (Å²) in [6.07, 6.45) is 2.89. The second kappa shape index (κ2) is 7.50. The molecule has 0 saturated carbocycles. The van der Waals surface area contributed by atoms with Gasteiger partial charge in [-0.25, -0.2) is 13.1 Å². The molecule has 19 heavy (non-hydrogen) atoms. The zero-order valence-electron chi connectivity index (χ0n) is 11.9. The lowest BCUT2D eigenvalue weighted by Crippen LogP contribution is -2.24. The van der Waals surface area contributed by atoms with Crippen LogP contribution in [0.2, 0.25) is 0 Å². The van der Waals surface area contributed by atoms with Gasteiger partial charge in [-0.15, -0.1) is 0 Å². The Morgan fingerprint density at radius 3 is 2.11 bits per heavy atom. The molecule has 0 radical (unpaired) electrons. The second-order valence-electron chi connectivity index (χ2n) is 4.58. The van der Waals surface area contributed by atoms with Crippen LogP contribution in [0, 0.1) is 0 Å². The van der Waals surface area contributed by atoms with E-state index in [0.29, 0.717) is 17.5 Å². The van der Waals surface area contributed by atoms with Gasteiger partial charge in [-0.1, -0.05) is 20.8 Å². The Balaban J connectivity index is 2.76. The van der Waals surface area contributed by atoms with E-state index in [4.69, 9.17) is 0 Å². The van der Waals surface area contributed by atoms with Crippen LogP contribution in [-0.4, -0.2) is 21.0 Å². The molecule has 0 aromatic heterocycles. The van der Waals surface area contributed by atoms with Crippen molar-refractivity contribution in [2.24, 2.45) is 0 Å². The number of rotatable bonds is 8. The Kier molecular flexibility index (Phi) is 6.31. The van der Waals surface area contributed by atoms with Crippen LogP contribution in [0.4, 0.5) is 5.69 Å². The Bertz CT molecular complexity index is 465. The molecule has 5 heteroatoms. The fraction of sp³-hybridized carbons (Fsp3) is 0.571. The lowest BCUT2D eigenvalue weighted by Gasteiger charge is -2.16. The first-order valence-electron chi connectivity index (χ1n) is 6.89. The van der Waals surface area contributed by atoms with Crippen LogP contribution >= 0.6 is 0 Å². The topological polar surface area (TPSA) is 58.2 Å². The molecule has 0 bridgehead atoms. The number of anilines is 1. The second-order valence-corrected chi connectivity index (χ2v) is 6.35. The SMILES string of the molecule is CCCNS(=O)(=O)c1ccc(NC(CC)CC)cc1. The van der Waals surface area contributed by atoms with E-state index in [0.717, 1.165) is 24.9 Å². The molecule has 1 aromatic carbocycles. The molecule has 0 fully saturated rings. The van der Waals surface area contributed by atoms with Crippen LogP contribution in [0.25, 0.3) is 0 Å². The van der Waals surface area contributed by atoms with E-state index in [-0.39, 0.29) is 0 Å². The van der Waals surface area contributed by atoms with Crippen molar-refractivity contribution >= 4 is 15.7 Å². The molecule has 0 aliphatic heterocycles. The van der Waals surface area contributed by atoms with Crippen molar-refractivity contribution in [2.75, 3.05) is 11.9 Å². The van der Waals surface area contributed by atoms with Gasteiger partial charge < -0.3 is 5.32 Å². The molecule has 0 unspecified atom stereocenters. The van der Waals surface area contributed by atoms with Crippen LogP contribution in [-0.2, 0) is 10.0 Å². The lowest BCUT2D eigenvalue weighted by atomic mass is 10.1. The Morgan fingerprint density at radius 2 is 1.63 bits per heavy atom. The van der Waals surface area contributed by atoms with Gasteiger partial charge in [-0.2, -0.15) is 0 Å². The Hall–Kier alpha value is -1.07. The average Bonchev–Trinajstić information content (AvgIpc) is 2.43. The van der Waals surface area contributed by atoms with Crippen LogP contribution < -0.4 is 10.0 Å². The smallest absolute Gasteiger partial charge is 0.240 e. The number of hydrogen-bond acceptors (Lipinski definition) is 3. The van der Waals surface area contributed by atoms with E-state index < -0.39 is 10.0 Å². The van der Waals surface area contributed by atoms with Crippen molar-refractivity contribution < 1.29 is 8.42 Å². The number of hydrogen-bond donors (Lipinski definition) is 2. The van der Waals surface area contributed by atoms with E-state index in [9.17, 15) is 8.42 Å². The van der Waals surface area contributed by atoms with E-state index in [2.05, 4.69) is 23.9 Å². The summed E-state index contributed by atoms with van der Waals surface area (Å²) in [5.41, 5.74) is 0.961. The fourth-order valence-corrected chi connectivity index (χ4v) is 2.91. The number of nitrogens with one attached hydrogen (secondary N) is 2. The zero-order chi connectivity index (χ0) is 14.3. The third-order valence-electron chi connectivity index (χ3n) is 3.06. The zero-order valence-corrected chi connectivity index (χ0v) is 12.8. The van der Waals surface area contributed by atoms with E-state index in [1.807, 2.05) is 19.1 Å². The monoisotopic (exact) mass is 284 g/mol. The van der Waals surface area contributed by atoms with E-state index >= 15 is 0 Å². The van der Waals surface area contributed by atoms with E-state index in [1.165, 1.54) is 0 Å². The maximum Gasteiger partial charge on any atom is 0.240 e. The summed E-state index contributed by atoms with van der Waals surface area (Å²) in [4.78, 5) is 0.316. The predicted octanol–water partition coefficient (Wildman–Crippen LogP) is 2.98. The summed E-state index contributed by atoms with van der Waals surface area (Å²) in [5, 5.41) is 3.38.